The van der Waals surface area contributed by atoms with Gasteiger partial charge in [0.15, 0.2) is 6.17 Å². The Morgan fingerprint density at radius 3 is 1.79 bits per heavy atom. The highest BCUT2D eigenvalue weighted by molar-refractivity contribution is 6.26. The minimum atomic E-state index is -0.464. The highest BCUT2D eigenvalue weighted by Crippen LogP contribution is 2.39. The summed E-state index contributed by atoms with van der Waals surface area (Å²) >= 11 is 0. The third-order valence-electron chi connectivity index (χ3n) is 10.2. The number of nitrogens with zero attached hydrogens (tertiary/aromatic N) is 2. The number of fused-ring (bicyclic) bond motifs is 4. The molecule has 1 aliphatic heterocycles. The lowest BCUT2D eigenvalue weighted by atomic mass is 9.92. The van der Waals surface area contributed by atoms with E-state index < -0.39 is 6.17 Å². The van der Waals surface area contributed by atoms with Gasteiger partial charge in [0.25, 0.3) is 0 Å². The molecule has 0 bridgehead atoms. The summed E-state index contributed by atoms with van der Waals surface area (Å²) in [6.07, 6.45) is -0.464. The maximum absolute atomic E-state index is 6.44. The first-order chi connectivity index (χ1) is 26.2. The van der Waals surface area contributed by atoms with Crippen LogP contribution in [0.1, 0.15) is 22.9 Å². The second kappa shape index (κ2) is 12.9. The van der Waals surface area contributed by atoms with E-state index in [0.29, 0.717) is 0 Å². The van der Waals surface area contributed by atoms with E-state index >= 15 is 0 Å². The highest BCUT2D eigenvalue weighted by atomic mass is 16.3. The van der Waals surface area contributed by atoms with Crippen LogP contribution in [-0.4, -0.2) is 11.7 Å². The van der Waals surface area contributed by atoms with Gasteiger partial charge in [-0.25, -0.2) is 9.98 Å². The van der Waals surface area contributed by atoms with Crippen LogP contribution in [0.3, 0.4) is 0 Å². The minimum absolute atomic E-state index is 0.464. The molecule has 1 aromatic heterocycles. The summed E-state index contributed by atoms with van der Waals surface area (Å²) < 4.78 is 6.44. The summed E-state index contributed by atoms with van der Waals surface area (Å²) in [5.74, 6) is 1.52. The average Bonchev–Trinajstić information content (AvgIpc) is 3.63. The van der Waals surface area contributed by atoms with Crippen molar-refractivity contribution in [1.29, 1.82) is 0 Å². The summed E-state index contributed by atoms with van der Waals surface area (Å²) in [5.41, 5.74) is 11.5. The highest BCUT2D eigenvalue weighted by Gasteiger charge is 2.26. The molecule has 1 N–H and O–H groups in total. The molecular formula is C49H33N3O. The SMILES string of the molecule is c1ccc(C2=NC(c3ccc(-c4ccc5ccccc5c4)cc3)N=C(c3c(-c4ccc(-c5ccccc5)cc4)ccc4oc5ccccc5c34)N2)cc1. The summed E-state index contributed by atoms with van der Waals surface area (Å²) in [7, 11) is 0. The summed E-state index contributed by atoms with van der Waals surface area (Å²) in [4.78, 5) is 10.6. The average molecular weight is 680 g/mol. The Kier molecular flexibility index (Phi) is 7.51. The molecule has 1 atom stereocenters. The van der Waals surface area contributed by atoms with Crippen molar-refractivity contribution in [2.75, 3.05) is 0 Å². The van der Waals surface area contributed by atoms with Gasteiger partial charge >= 0.3 is 0 Å². The van der Waals surface area contributed by atoms with Gasteiger partial charge in [0.05, 0.1) is 0 Å². The molecule has 1 aliphatic rings. The zero-order chi connectivity index (χ0) is 35.1. The van der Waals surface area contributed by atoms with E-state index in [4.69, 9.17) is 14.4 Å². The number of aliphatic imine (C=N–C) groups is 2. The van der Waals surface area contributed by atoms with E-state index in [1.165, 1.54) is 27.5 Å². The van der Waals surface area contributed by atoms with Crippen molar-refractivity contribution in [2.45, 2.75) is 6.17 Å². The third-order valence-corrected chi connectivity index (χ3v) is 10.2. The molecule has 9 aromatic rings. The summed E-state index contributed by atoms with van der Waals surface area (Å²) in [5, 5.41) is 8.23. The lowest BCUT2D eigenvalue weighted by molar-refractivity contribution is 0.669. The molecular weight excluding hydrogens is 647 g/mol. The van der Waals surface area contributed by atoms with Crippen molar-refractivity contribution in [2.24, 2.45) is 9.98 Å². The van der Waals surface area contributed by atoms with Crippen LogP contribution >= 0.6 is 0 Å². The quantitative estimate of drug-likeness (QED) is 0.190. The fourth-order valence-corrected chi connectivity index (χ4v) is 7.46. The van der Waals surface area contributed by atoms with Gasteiger partial charge in [0, 0.05) is 21.9 Å². The molecule has 0 aliphatic carbocycles. The molecule has 4 nitrogen and oxygen atoms in total. The molecule has 0 radical (unpaired) electrons. The van der Waals surface area contributed by atoms with E-state index in [1.54, 1.807) is 0 Å². The van der Waals surface area contributed by atoms with Crippen LogP contribution in [-0.2, 0) is 0 Å². The van der Waals surface area contributed by atoms with Gasteiger partial charge in [-0.1, -0.05) is 164 Å². The second-order valence-electron chi connectivity index (χ2n) is 13.4. The third kappa shape index (κ3) is 5.67. The summed E-state index contributed by atoms with van der Waals surface area (Å²) in [6, 6.07) is 65.8. The zero-order valence-electron chi connectivity index (χ0n) is 28.8. The number of para-hydroxylation sites is 1. The number of amidine groups is 2. The van der Waals surface area contributed by atoms with Crippen LogP contribution in [0, 0.1) is 0 Å². The molecule has 0 saturated carbocycles. The first kappa shape index (κ1) is 30.8. The van der Waals surface area contributed by atoms with Gasteiger partial charge in [-0.3, -0.25) is 0 Å². The van der Waals surface area contributed by atoms with Gasteiger partial charge in [0.2, 0.25) is 0 Å². The van der Waals surface area contributed by atoms with Gasteiger partial charge in [-0.05, 0) is 74.0 Å². The molecule has 53 heavy (non-hydrogen) atoms. The van der Waals surface area contributed by atoms with Crippen LogP contribution in [0.25, 0.3) is 66.1 Å². The molecule has 8 aromatic carbocycles. The fraction of sp³-hybridized carbons (Fsp3) is 0.0204. The molecule has 2 heterocycles. The van der Waals surface area contributed by atoms with Crippen LogP contribution in [0.2, 0.25) is 0 Å². The van der Waals surface area contributed by atoms with Crippen molar-refractivity contribution in [1.82, 2.24) is 5.32 Å². The van der Waals surface area contributed by atoms with Crippen LogP contribution in [0.4, 0.5) is 0 Å². The topological polar surface area (TPSA) is 49.9 Å². The second-order valence-corrected chi connectivity index (χ2v) is 13.4. The molecule has 10 rings (SSSR count). The first-order valence-corrected chi connectivity index (χ1v) is 17.9. The number of nitrogens with one attached hydrogen (secondary N) is 1. The van der Waals surface area contributed by atoms with Gasteiger partial charge in [-0.15, -0.1) is 0 Å². The van der Waals surface area contributed by atoms with Crippen molar-refractivity contribution in [3.8, 4) is 33.4 Å². The van der Waals surface area contributed by atoms with Crippen LogP contribution < -0.4 is 5.32 Å². The molecule has 250 valence electrons. The normalized spacial score (nSPS) is 14.2. The number of rotatable bonds is 6. The molecule has 0 fully saturated rings. The van der Waals surface area contributed by atoms with Crippen molar-refractivity contribution in [3.05, 3.63) is 205 Å². The lowest BCUT2D eigenvalue weighted by Crippen LogP contribution is -2.36. The van der Waals surface area contributed by atoms with Crippen molar-refractivity contribution >= 4 is 44.4 Å². The lowest BCUT2D eigenvalue weighted by Gasteiger charge is -2.24. The fourth-order valence-electron chi connectivity index (χ4n) is 7.46. The predicted molar refractivity (Wildman–Crippen MR) is 219 cm³/mol. The maximum Gasteiger partial charge on any atom is 0.169 e. The monoisotopic (exact) mass is 679 g/mol. The Morgan fingerprint density at radius 2 is 1.00 bits per heavy atom. The number of hydrogen-bond donors (Lipinski definition) is 1. The van der Waals surface area contributed by atoms with Gasteiger partial charge in [-0.2, -0.15) is 0 Å². The molecule has 0 spiro atoms. The standard InChI is InChI=1S/C49H33N3O/c1-3-11-32(12-4-1)34-19-24-36(25-20-34)41-29-30-44-45(42-17-9-10-18-43(42)53-44)46(41)49-51-47(37-14-5-2-6-15-37)50-48(52-49)38-26-21-35(22-27-38)40-28-23-33-13-7-8-16-39(33)31-40/h1-31,48H,(H,50,51,52). The van der Waals surface area contributed by atoms with E-state index in [2.05, 4.69) is 157 Å². The largest absolute Gasteiger partial charge is 0.456 e. The number of furan rings is 1. The molecule has 4 heteroatoms. The van der Waals surface area contributed by atoms with E-state index in [-0.39, 0.29) is 0 Å². The van der Waals surface area contributed by atoms with Gasteiger partial charge in [0.1, 0.15) is 22.8 Å². The van der Waals surface area contributed by atoms with Crippen molar-refractivity contribution in [3.63, 3.8) is 0 Å². The minimum Gasteiger partial charge on any atom is -0.456 e. The Balaban J connectivity index is 1.13. The molecule has 1 unspecified atom stereocenters. The Labute approximate surface area is 307 Å². The Bertz CT molecular complexity index is 2830. The predicted octanol–water partition coefficient (Wildman–Crippen LogP) is 12.2. The van der Waals surface area contributed by atoms with Crippen LogP contribution in [0.5, 0.6) is 0 Å². The number of hydrogen-bond acceptors (Lipinski definition) is 4. The maximum atomic E-state index is 6.44. The van der Waals surface area contributed by atoms with E-state index in [9.17, 15) is 0 Å². The Morgan fingerprint density at radius 1 is 0.415 bits per heavy atom. The van der Waals surface area contributed by atoms with E-state index in [0.717, 1.165) is 67.0 Å². The molecule has 0 amide bonds. The smallest absolute Gasteiger partial charge is 0.169 e. The summed E-state index contributed by atoms with van der Waals surface area (Å²) in [6.45, 7) is 0. The van der Waals surface area contributed by atoms with E-state index in [1.807, 2.05) is 36.4 Å². The van der Waals surface area contributed by atoms with Gasteiger partial charge < -0.3 is 9.73 Å². The molecule has 0 saturated heterocycles. The number of benzene rings is 8. The van der Waals surface area contributed by atoms with Crippen LogP contribution in [0.15, 0.2) is 202 Å². The Hall–Kier alpha value is -7.04. The zero-order valence-corrected chi connectivity index (χ0v) is 28.8. The van der Waals surface area contributed by atoms with Crippen molar-refractivity contribution < 1.29 is 4.42 Å². The first-order valence-electron chi connectivity index (χ1n) is 17.9.